The number of carbonyl (C=O) groups excluding carboxylic acids is 1. The lowest BCUT2D eigenvalue weighted by Gasteiger charge is -2.10. The maximum atomic E-state index is 11.9. The number of amides is 1. The second kappa shape index (κ2) is 4.85. The van der Waals surface area contributed by atoms with Gasteiger partial charge in [0.15, 0.2) is 0 Å². The van der Waals surface area contributed by atoms with Gasteiger partial charge >= 0.3 is 0 Å². The normalized spacial score (nSPS) is 10.8. The molecule has 0 aliphatic carbocycles. The zero-order chi connectivity index (χ0) is 14.1. The number of carbonyl (C=O) groups is 1. The van der Waals surface area contributed by atoms with Gasteiger partial charge in [0.05, 0.1) is 5.56 Å². The molecule has 0 aliphatic heterocycles. The first kappa shape index (κ1) is 12.5. The fraction of sp³-hybridized carbons (Fsp3) is 0.118. The Bertz CT molecular complexity index is 809. The quantitative estimate of drug-likeness (QED) is 0.697. The topological polar surface area (TPSA) is 49.3 Å². The van der Waals surface area contributed by atoms with E-state index in [-0.39, 0.29) is 11.7 Å². The summed E-state index contributed by atoms with van der Waals surface area (Å²) in [7, 11) is 0. The highest BCUT2D eigenvalue weighted by Gasteiger charge is 2.13. The van der Waals surface area contributed by atoms with Crippen LogP contribution in [0.15, 0.2) is 48.5 Å². The summed E-state index contributed by atoms with van der Waals surface area (Å²) >= 11 is 0. The fourth-order valence-corrected chi connectivity index (χ4v) is 2.51. The monoisotopic (exact) mass is 265 g/mol. The predicted octanol–water partition coefficient (Wildman–Crippen LogP) is 3.45. The van der Waals surface area contributed by atoms with Crippen LogP contribution in [0.25, 0.3) is 21.5 Å². The summed E-state index contributed by atoms with van der Waals surface area (Å²) in [5.74, 6) is -0.209. The van der Waals surface area contributed by atoms with Gasteiger partial charge in [-0.1, -0.05) is 36.4 Å². The first-order chi connectivity index (χ1) is 9.72. The van der Waals surface area contributed by atoms with Gasteiger partial charge < -0.3 is 10.4 Å². The van der Waals surface area contributed by atoms with Crippen LogP contribution in [0.4, 0.5) is 0 Å². The summed E-state index contributed by atoms with van der Waals surface area (Å²) in [6.45, 7) is 2.39. The number of nitrogens with one attached hydrogen (secondary N) is 1. The molecule has 0 fully saturated rings. The van der Waals surface area contributed by atoms with Gasteiger partial charge in [-0.05, 0) is 35.2 Å². The number of fused-ring (bicyclic) bond motifs is 3. The van der Waals surface area contributed by atoms with Crippen molar-refractivity contribution in [2.45, 2.75) is 6.92 Å². The van der Waals surface area contributed by atoms with E-state index in [2.05, 4.69) is 5.32 Å². The van der Waals surface area contributed by atoms with Crippen LogP contribution in [0.3, 0.4) is 0 Å². The Morgan fingerprint density at radius 1 is 1.00 bits per heavy atom. The maximum absolute atomic E-state index is 11.9. The van der Waals surface area contributed by atoms with E-state index in [0.29, 0.717) is 17.5 Å². The average molecular weight is 265 g/mol. The van der Waals surface area contributed by atoms with Gasteiger partial charge in [0.2, 0.25) is 0 Å². The van der Waals surface area contributed by atoms with Crippen LogP contribution in [-0.4, -0.2) is 17.6 Å². The molecule has 3 nitrogen and oxygen atoms in total. The molecule has 0 atom stereocenters. The predicted molar refractivity (Wildman–Crippen MR) is 81.1 cm³/mol. The van der Waals surface area contributed by atoms with E-state index in [1.807, 2.05) is 49.4 Å². The Morgan fingerprint density at radius 2 is 1.75 bits per heavy atom. The minimum Gasteiger partial charge on any atom is -0.506 e. The number of phenols is 1. The second-order valence-corrected chi connectivity index (χ2v) is 4.70. The van der Waals surface area contributed by atoms with Crippen molar-refractivity contribution >= 4 is 27.5 Å². The van der Waals surface area contributed by atoms with Crippen LogP contribution in [0.5, 0.6) is 5.75 Å². The standard InChI is InChI=1S/C17H15NO2/c1-2-18-17(20)15-10-9-13-12-6-4-3-5-11(12)7-8-14(13)16(15)19/h3-10,19H,2H2,1H3,(H,18,20). The largest absolute Gasteiger partial charge is 0.506 e. The molecule has 0 aromatic heterocycles. The summed E-state index contributed by atoms with van der Waals surface area (Å²) in [4.78, 5) is 11.9. The Labute approximate surface area is 116 Å². The van der Waals surface area contributed by atoms with Crippen LogP contribution in [0.1, 0.15) is 17.3 Å². The first-order valence-electron chi connectivity index (χ1n) is 6.64. The summed E-state index contributed by atoms with van der Waals surface area (Å²) in [5.41, 5.74) is 0.314. The smallest absolute Gasteiger partial charge is 0.255 e. The molecule has 3 heteroatoms. The molecular formula is C17H15NO2. The molecule has 3 aromatic carbocycles. The molecular weight excluding hydrogens is 250 g/mol. The van der Waals surface area contributed by atoms with Crippen molar-refractivity contribution in [3.8, 4) is 5.75 Å². The lowest BCUT2D eigenvalue weighted by atomic mass is 9.99. The van der Waals surface area contributed by atoms with Crippen molar-refractivity contribution < 1.29 is 9.90 Å². The third-order valence-corrected chi connectivity index (χ3v) is 3.48. The number of aromatic hydroxyl groups is 1. The molecule has 3 rings (SSSR count). The molecule has 100 valence electrons. The summed E-state index contributed by atoms with van der Waals surface area (Å²) < 4.78 is 0. The zero-order valence-corrected chi connectivity index (χ0v) is 11.2. The van der Waals surface area contributed by atoms with Crippen LogP contribution >= 0.6 is 0 Å². The maximum Gasteiger partial charge on any atom is 0.255 e. The average Bonchev–Trinajstić information content (AvgIpc) is 2.47. The number of hydrogen-bond donors (Lipinski definition) is 2. The van der Waals surface area contributed by atoms with Gasteiger partial charge in [-0.3, -0.25) is 4.79 Å². The Hall–Kier alpha value is -2.55. The van der Waals surface area contributed by atoms with Crippen LogP contribution in [-0.2, 0) is 0 Å². The SMILES string of the molecule is CCNC(=O)c1ccc2c(ccc3ccccc32)c1O. The first-order valence-corrected chi connectivity index (χ1v) is 6.64. The fourth-order valence-electron chi connectivity index (χ4n) is 2.51. The Kier molecular flexibility index (Phi) is 3.03. The highest BCUT2D eigenvalue weighted by molar-refractivity contribution is 6.12. The van der Waals surface area contributed by atoms with Gasteiger partial charge in [-0.25, -0.2) is 0 Å². The molecule has 0 aliphatic rings. The highest BCUT2D eigenvalue weighted by atomic mass is 16.3. The van der Waals surface area contributed by atoms with Crippen molar-refractivity contribution in [1.82, 2.24) is 5.32 Å². The van der Waals surface area contributed by atoms with Crippen LogP contribution in [0, 0.1) is 0 Å². The molecule has 0 bridgehead atoms. The summed E-state index contributed by atoms with van der Waals surface area (Å²) in [6, 6.07) is 15.4. The van der Waals surface area contributed by atoms with Gasteiger partial charge in [0.1, 0.15) is 5.75 Å². The molecule has 0 heterocycles. The molecule has 0 saturated carbocycles. The third-order valence-electron chi connectivity index (χ3n) is 3.48. The van der Waals surface area contributed by atoms with Crippen molar-refractivity contribution in [1.29, 1.82) is 0 Å². The van der Waals surface area contributed by atoms with Crippen molar-refractivity contribution in [3.63, 3.8) is 0 Å². The van der Waals surface area contributed by atoms with Crippen molar-refractivity contribution in [2.75, 3.05) is 6.54 Å². The summed E-state index contributed by atoms with van der Waals surface area (Å²) in [5, 5.41) is 16.9. The number of hydrogen-bond acceptors (Lipinski definition) is 2. The number of benzene rings is 3. The van der Waals surface area contributed by atoms with Crippen LogP contribution in [0.2, 0.25) is 0 Å². The van der Waals surface area contributed by atoms with Crippen molar-refractivity contribution in [3.05, 3.63) is 54.1 Å². The van der Waals surface area contributed by atoms with Crippen LogP contribution < -0.4 is 5.32 Å². The minimum atomic E-state index is -0.250. The molecule has 0 spiro atoms. The Balaban J connectivity index is 2.28. The van der Waals surface area contributed by atoms with Gasteiger partial charge in [-0.2, -0.15) is 0 Å². The van der Waals surface area contributed by atoms with Gasteiger partial charge in [0, 0.05) is 11.9 Å². The Morgan fingerprint density at radius 3 is 2.55 bits per heavy atom. The van der Waals surface area contributed by atoms with E-state index in [4.69, 9.17) is 0 Å². The third kappa shape index (κ3) is 1.88. The van der Waals surface area contributed by atoms with E-state index < -0.39 is 0 Å². The second-order valence-electron chi connectivity index (χ2n) is 4.70. The molecule has 0 unspecified atom stereocenters. The number of rotatable bonds is 2. The summed E-state index contributed by atoms with van der Waals surface area (Å²) in [6.07, 6.45) is 0. The molecule has 3 aromatic rings. The van der Waals surface area contributed by atoms with Gasteiger partial charge in [0.25, 0.3) is 5.91 Å². The molecule has 0 radical (unpaired) electrons. The molecule has 2 N–H and O–H groups in total. The molecule has 1 amide bonds. The van der Waals surface area contributed by atoms with E-state index in [1.54, 1.807) is 6.07 Å². The van der Waals surface area contributed by atoms with Crippen molar-refractivity contribution in [2.24, 2.45) is 0 Å². The van der Waals surface area contributed by atoms with E-state index in [0.717, 1.165) is 16.2 Å². The lowest BCUT2D eigenvalue weighted by molar-refractivity contribution is 0.0953. The van der Waals surface area contributed by atoms with E-state index in [9.17, 15) is 9.90 Å². The highest BCUT2D eigenvalue weighted by Crippen LogP contribution is 2.33. The molecule has 0 saturated heterocycles. The zero-order valence-electron chi connectivity index (χ0n) is 11.2. The number of phenolic OH excluding ortho intramolecular Hbond substituents is 1. The lowest BCUT2D eigenvalue weighted by Crippen LogP contribution is -2.22. The van der Waals surface area contributed by atoms with E-state index in [1.165, 1.54) is 0 Å². The molecule has 20 heavy (non-hydrogen) atoms. The minimum absolute atomic E-state index is 0.0409. The van der Waals surface area contributed by atoms with Gasteiger partial charge in [-0.15, -0.1) is 0 Å². The van der Waals surface area contributed by atoms with E-state index >= 15 is 0 Å².